The molecule has 1 atom stereocenters. The Balaban J connectivity index is 1.69. The number of rotatable bonds is 5. The Kier molecular flexibility index (Phi) is 6.38. The van der Waals surface area contributed by atoms with Gasteiger partial charge < -0.3 is 10.6 Å². The van der Waals surface area contributed by atoms with Crippen LogP contribution in [0.15, 0.2) is 24.0 Å². The monoisotopic (exact) mass is 475 g/mol. The molecule has 158 valence electrons. The number of aromatic nitrogens is 3. The van der Waals surface area contributed by atoms with Crippen LogP contribution in [-0.2, 0) is 6.18 Å². The maximum Gasteiger partial charge on any atom is 0.418 e. The van der Waals surface area contributed by atoms with Gasteiger partial charge in [-0.15, -0.1) is 22.7 Å². The van der Waals surface area contributed by atoms with E-state index >= 15 is 0 Å². The molecule has 2 amide bonds. The first-order valence-corrected chi connectivity index (χ1v) is 10.3. The van der Waals surface area contributed by atoms with Crippen molar-refractivity contribution in [3.8, 4) is 0 Å². The zero-order valence-electron chi connectivity index (χ0n) is 15.4. The van der Waals surface area contributed by atoms with Crippen molar-refractivity contribution in [2.75, 3.05) is 5.32 Å². The number of halogens is 4. The Morgan fingerprint density at radius 3 is 2.53 bits per heavy atom. The second-order valence-corrected chi connectivity index (χ2v) is 8.54. The number of nitrogens with zero attached hydrogens (tertiary/aromatic N) is 3. The third-order valence-corrected chi connectivity index (χ3v) is 6.07. The molecule has 0 spiro atoms. The van der Waals surface area contributed by atoms with E-state index in [9.17, 15) is 22.8 Å². The number of thiazole rings is 2. The molecule has 2 N–H and O–H groups in total. The Hall–Kier alpha value is -2.57. The summed E-state index contributed by atoms with van der Waals surface area (Å²) in [7, 11) is 0. The lowest BCUT2D eigenvalue weighted by atomic mass is 10.2. The first-order valence-electron chi connectivity index (χ1n) is 8.27. The fraction of sp³-hybridized carbons (Fsp3) is 0.235. The summed E-state index contributed by atoms with van der Waals surface area (Å²) >= 11 is 7.86. The van der Waals surface area contributed by atoms with Crippen LogP contribution in [0, 0.1) is 6.92 Å². The summed E-state index contributed by atoms with van der Waals surface area (Å²) in [6.07, 6.45) is -2.59. The Morgan fingerprint density at radius 2 is 1.90 bits per heavy atom. The molecule has 0 bridgehead atoms. The van der Waals surface area contributed by atoms with Crippen molar-refractivity contribution in [2.24, 2.45) is 0 Å². The number of nitrogens with one attached hydrogen (secondary N) is 2. The van der Waals surface area contributed by atoms with Gasteiger partial charge in [-0.05, 0) is 19.9 Å². The van der Waals surface area contributed by atoms with Gasteiger partial charge in [0.05, 0.1) is 28.3 Å². The molecule has 0 radical (unpaired) electrons. The van der Waals surface area contributed by atoms with Crippen LogP contribution in [0.2, 0.25) is 5.02 Å². The van der Waals surface area contributed by atoms with Crippen molar-refractivity contribution >= 4 is 51.9 Å². The van der Waals surface area contributed by atoms with Crippen LogP contribution >= 0.6 is 34.3 Å². The van der Waals surface area contributed by atoms with Gasteiger partial charge in [0.15, 0.2) is 0 Å². The highest BCUT2D eigenvalue weighted by molar-refractivity contribution is 7.13. The van der Waals surface area contributed by atoms with Crippen molar-refractivity contribution in [2.45, 2.75) is 26.1 Å². The van der Waals surface area contributed by atoms with E-state index in [4.69, 9.17) is 11.6 Å². The zero-order chi connectivity index (χ0) is 22.1. The van der Waals surface area contributed by atoms with E-state index in [1.807, 2.05) is 0 Å². The van der Waals surface area contributed by atoms with Crippen molar-refractivity contribution in [1.82, 2.24) is 20.3 Å². The second kappa shape index (κ2) is 8.66. The summed E-state index contributed by atoms with van der Waals surface area (Å²) in [6.45, 7) is 3.47. The number of pyridine rings is 1. The molecule has 0 saturated heterocycles. The van der Waals surface area contributed by atoms with E-state index in [0.717, 1.165) is 22.4 Å². The molecule has 3 aromatic rings. The molecular formula is C17H13ClF3N5O2S2. The number of amides is 2. The van der Waals surface area contributed by atoms with Crippen LogP contribution in [-0.4, -0.2) is 26.8 Å². The van der Waals surface area contributed by atoms with Gasteiger partial charge in [0.2, 0.25) is 0 Å². The van der Waals surface area contributed by atoms with Crippen LogP contribution in [0.5, 0.6) is 0 Å². The highest BCUT2D eigenvalue weighted by Gasteiger charge is 2.34. The molecular weight excluding hydrogens is 463 g/mol. The molecule has 13 heteroatoms. The summed E-state index contributed by atoms with van der Waals surface area (Å²) in [4.78, 5) is 37.3. The predicted molar refractivity (Wildman–Crippen MR) is 107 cm³/mol. The van der Waals surface area contributed by atoms with Gasteiger partial charge in [-0.2, -0.15) is 13.2 Å². The molecule has 3 rings (SSSR count). The first-order chi connectivity index (χ1) is 14.1. The van der Waals surface area contributed by atoms with Gasteiger partial charge >= 0.3 is 6.18 Å². The fourth-order valence-electron chi connectivity index (χ4n) is 2.35. The van der Waals surface area contributed by atoms with Crippen LogP contribution < -0.4 is 10.6 Å². The number of carbonyl (C=O) groups is 2. The number of aryl methyl sites for hydroxylation is 1. The average Bonchev–Trinajstić information content (AvgIpc) is 3.31. The van der Waals surface area contributed by atoms with E-state index in [2.05, 4.69) is 25.6 Å². The van der Waals surface area contributed by atoms with Gasteiger partial charge in [-0.3, -0.25) is 9.59 Å². The fourth-order valence-corrected chi connectivity index (χ4v) is 3.94. The standard InChI is InChI=1S/C17H13ClF3N5O2S2/c1-7(25-15(28)13-8(2)29-6-24-13)16-23-5-11(30-16)14(27)26-12-3-9(17(19,20)21)10(18)4-22-12/h3-7H,1-2H3,(H,25,28)(H,22,26,27)/t7-/m1/s1. The van der Waals surface area contributed by atoms with Crippen molar-refractivity contribution < 1.29 is 22.8 Å². The molecule has 0 aliphatic rings. The topological polar surface area (TPSA) is 96.9 Å². The lowest BCUT2D eigenvalue weighted by Gasteiger charge is -2.11. The smallest absolute Gasteiger partial charge is 0.342 e. The van der Waals surface area contributed by atoms with Crippen LogP contribution in [0.1, 0.15) is 48.6 Å². The van der Waals surface area contributed by atoms with Gasteiger partial charge in [0, 0.05) is 11.1 Å². The summed E-state index contributed by atoms with van der Waals surface area (Å²) in [5.41, 5.74) is 0.777. The van der Waals surface area contributed by atoms with E-state index < -0.39 is 28.7 Å². The third-order valence-electron chi connectivity index (χ3n) is 3.83. The molecule has 3 aromatic heterocycles. The molecule has 0 aromatic carbocycles. The molecule has 0 aliphatic heterocycles. The minimum absolute atomic E-state index is 0.140. The number of hydrogen-bond acceptors (Lipinski definition) is 7. The molecule has 0 saturated carbocycles. The van der Waals surface area contributed by atoms with Crippen molar-refractivity contribution in [1.29, 1.82) is 0 Å². The van der Waals surface area contributed by atoms with Crippen LogP contribution in [0.3, 0.4) is 0 Å². The van der Waals surface area contributed by atoms with Gasteiger partial charge in [0.1, 0.15) is 21.4 Å². The third kappa shape index (κ3) is 4.94. The highest BCUT2D eigenvalue weighted by atomic mass is 35.5. The number of hydrogen-bond donors (Lipinski definition) is 2. The quantitative estimate of drug-likeness (QED) is 0.556. The largest absolute Gasteiger partial charge is 0.418 e. The summed E-state index contributed by atoms with van der Waals surface area (Å²) in [6, 6.07) is 0.150. The number of carbonyl (C=O) groups excluding carboxylic acids is 2. The van der Waals surface area contributed by atoms with E-state index in [1.54, 1.807) is 19.4 Å². The van der Waals surface area contributed by atoms with E-state index in [-0.39, 0.29) is 16.6 Å². The van der Waals surface area contributed by atoms with E-state index in [0.29, 0.717) is 16.8 Å². The number of alkyl halides is 3. The van der Waals surface area contributed by atoms with Gasteiger partial charge in [-0.25, -0.2) is 15.0 Å². The Morgan fingerprint density at radius 1 is 1.17 bits per heavy atom. The average molecular weight is 476 g/mol. The highest BCUT2D eigenvalue weighted by Crippen LogP contribution is 2.35. The minimum Gasteiger partial charge on any atom is -0.342 e. The van der Waals surface area contributed by atoms with Crippen LogP contribution in [0.25, 0.3) is 0 Å². The van der Waals surface area contributed by atoms with Crippen molar-refractivity contribution in [3.05, 3.63) is 55.0 Å². The first kappa shape index (κ1) is 22.1. The van der Waals surface area contributed by atoms with E-state index in [1.165, 1.54) is 17.5 Å². The molecule has 0 fully saturated rings. The maximum absolute atomic E-state index is 12.9. The molecule has 7 nitrogen and oxygen atoms in total. The Bertz CT molecular complexity index is 1100. The van der Waals surface area contributed by atoms with Crippen LogP contribution in [0.4, 0.5) is 19.0 Å². The zero-order valence-corrected chi connectivity index (χ0v) is 17.8. The molecule has 30 heavy (non-hydrogen) atoms. The normalized spacial score (nSPS) is 12.5. The Labute approximate surface area is 181 Å². The number of anilines is 1. The van der Waals surface area contributed by atoms with Gasteiger partial charge in [0.25, 0.3) is 11.8 Å². The summed E-state index contributed by atoms with van der Waals surface area (Å²) < 4.78 is 38.8. The lowest BCUT2D eigenvalue weighted by molar-refractivity contribution is -0.137. The SMILES string of the molecule is Cc1scnc1C(=O)N[C@H](C)c1ncc(C(=O)Nc2cc(C(F)(F)F)c(Cl)cn2)s1. The predicted octanol–water partition coefficient (Wildman–Crippen LogP) is 4.72. The lowest BCUT2D eigenvalue weighted by Crippen LogP contribution is -2.27. The van der Waals surface area contributed by atoms with Gasteiger partial charge in [-0.1, -0.05) is 11.6 Å². The summed E-state index contributed by atoms with van der Waals surface area (Å²) in [5.74, 6) is -1.35. The molecule has 3 heterocycles. The van der Waals surface area contributed by atoms with Crippen molar-refractivity contribution in [3.63, 3.8) is 0 Å². The summed E-state index contributed by atoms with van der Waals surface area (Å²) in [5, 5.41) is 4.90. The second-order valence-electron chi connectivity index (χ2n) is 6.02. The molecule has 0 aliphatic carbocycles. The minimum atomic E-state index is -4.68. The molecule has 0 unspecified atom stereocenters. The maximum atomic E-state index is 12.9.